The van der Waals surface area contributed by atoms with Gasteiger partial charge in [0, 0.05) is 24.7 Å². The summed E-state index contributed by atoms with van der Waals surface area (Å²) < 4.78 is 0. The first kappa shape index (κ1) is 16.3. The van der Waals surface area contributed by atoms with Gasteiger partial charge >= 0.3 is 0 Å². The Kier molecular flexibility index (Phi) is 4.07. The molecule has 2 aliphatic heterocycles. The van der Waals surface area contributed by atoms with Crippen molar-refractivity contribution >= 4 is 17.5 Å². The molecule has 24 heavy (non-hydrogen) atoms. The van der Waals surface area contributed by atoms with Crippen molar-refractivity contribution < 1.29 is 9.90 Å². The standard InChI is InChI=1S/C18H24ClN3O2/c1-21-16(12-7-9-13(19)10-8-12)15-11-22(14-5-3-2-4-6-14)17(23)18(15,24)20-21/h7-10,14-16,20,24H,2-6,11H2,1H3/t15-,16-,18+/m0/s1. The van der Waals surface area contributed by atoms with Gasteiger partial charge in [-0.05, 0) is 30.5 Å². The van der Waals surface area contributed by atoms with Crippen LogP contribution in [0.15, 0.2) is 24.3 Å². The predicted molar refractivity (Wildman–Crippen MR) is 92.1 cm³/mol. The third-order valence-corrected chi connectivity index (χ3v) is 6.14. The number of hydrazine groups is 1. The van der Waals surface area contributed by atoms with Gasteiger partial charge in [0.2, 0.25) is 5.72 Å². The minimum absolute atomic E-state index is 0.0511. The molecule has 3 fully saturated rings. The summed E-state index contributed by atoms with van der Waals surface area (Å²) in [6.45, 7) is 0.602. The smallest absolute Gasteiger partial charge is 0.271 e. The summed E-state index contributed by atoms with van der Waals surface area (Å²) in [5, 5.41) is 13.6. The van der Waals surface area contributed by atoms with E-state index in [0.717, 1.165) is 18.4 Å². The molecule has 0 spiro atoms. The van der Waals surface area contributed by atoms with Crippen molar-refractivity contribution in [1.29, 1.82) is 0 Å². The minimum Gasteiger partial charge on any atom is -0.366 e. The van der Waals surface area contributed by atoms with E-state index in [2.05, 4.69) is 5.43 Å². The molecule has 3 aliphatic rings. The van der Waals surface area contributed by atoms with E-state index >= 15 is 0 Å². The van der Waals surface area contributed by atoms with Gasteiger partial charge in [0.15, 0.2) is 0 Å². The molecular weight excluding hydrogens is 326 g/mol. The van der Waals surface area contributed by atoms with Crippen LogP contribution in [0.2, 0.25) is 5.02 Å². The van der Waals surface area contributed by atoms with Crippen LogP contribution in [0, 0.1) is 5.92 Å². The van der Waals surface area contributed by atoms with E-state index < -0.39 is 5.72 Å². The van der Waals surface area contributed by atoms with E-state index in [0.29, 0.717) is 11.6 Å². The van der Waals surface area contributed by atoms with Crippen LogP contribution in [-0.2, 0) is 4.79 Å². The molecule has 1 aliphatic carbocycles. The molecule has 1 aromatic carbocycles. The molecule has 4 rings (SSSR count). The largest absolute Gasteiger partial charge is 0.366 e. The van der Waals surface area contributed by atoms with Crippen molar-refractivity contribution in [3.63, 3.8) is 0 Å². The first-order valence-electron chi connectivity index (χ1n) is 8.80. The second kappa shape index (κ2) is 5.99. The van der Waals surface area contributed by atoms with E-state index in [1.165, 1.54) is 19.3 Å². The molecule has 1 aromatic rings. The maximum absolute atomic E-state index is 13.0. The van der Waals surface area contributed by atoms with Gasteiger partial charge in [0.25, 0.3) is 5.91 Å². The van der Waals surface area contributed by atoms with E-state index in [9.17, 15) is 9.90 Å². The number of hydrogen-bond donors (Lipinski definition) is 2. The zero-order chi connectivity index (χ0) is 16.9. The number of fused-ring (bicyclic) bond motifs is 1. The molecular formula is C18H24ClN3O2. The van der Waals surface area contributed by atoms with Crippen molar-refractivity contribution in [1.82, 2.24) is 15.3 Å². The molecule has 0 bridgehead atoms. The van der Waals surface area contributed by atoms with Gasteiger partial charge in [-0.15, -0.1) is 0 Å². The highest BCUT2D eigenvalue weighted by Gasteiger charge is 2.62. The Morgan fingerprint density at radius 2 is 1.88 bits per heavy atom. The van der Waals surface area contributed by atoms with Crippen molar-refractivity contribution in [3.05, 3.63) is 34.9 Å². The maximum atomic E-state index is 13.0. The van der Waals surface area contributed by atoms with Gasteiger partial charge in [-0.3, -0.25) is 4.79 Å². The summed E-state index contributed by atoms with van der Waals surface area (Å²) in [6, 6.07) is 7.90. The molecule has 6 heteroatoms. The molecule has 0 aromatic heterocycles. The fourth-order valence-corrected chi connectivity index (χ4v) is 4.82. The first-order valence-corrected chi connectivity index (χ1v) is 9.18. The second-order valence-electron chi connectivity index (χ2n) is 7.34. The number of halogens is 1. The van der Waals surface area contributed by atoms with Crippen molar-refractivity contribution in [2.45, 2.75) is 49.9 Å². The highest BCUT2D eigenvalue weighted by atomic mass is 35.5. The Morgan fingerprint density at radius 3 is 2.54 bits per heavy atom. The van der Waals surface area contributed by atoms with E-state index in [4.69, 9.17) is 11.6 Å². The number of carbonyl (C=O) groups excluding carboxylic acids is 1. The van der Waals surface area contributed by atoms with Crippen LogP contribution in [0.5, 0.6) is 0 Å². The number of nitrogens with zero attached hydrogens (tertiary/aromatic N) is 2. The number of carbonyl (C=O) groups is 1. The van der Waals surface area contributed by atoms with Gasteiger partial charge in [0.1, 0.15) is 0 Å². The number of hydrogen-bond acceptors (Lipinski definition) is 4. The summed E-state index contributed by atoms with van der Waals surface area (Å²) in [4.78, 5) is 14.9. The lowest BCUT2D eigenvalue weighted by Gasteiger charge is -2.33. The third-order valence-electron chi connectivity index (χ3n) is 5.89. The van der Waals surface area contributed by atoms with Gasteiger partial charge in [-0.2, -0.15) is 0 Å². The summed E-state index contributed by atoms with van der Waals surface area (Å²) in [5.74, 6) is -0.346. The highest BCUT2D eigenvalue weighted by molar-refractivity contribution is 6.30. The Morgan fingerprint density at radius 1 is 1.21 bits per heavy atom. The highest BCUT2D eigenvalue weighted by Crippen LogP contribution is 2.46. The Labute approximate surface area is 147 Å². The Bertz CT molecular complexity index is 632. The topological polar surface area (TPSA) is 55.8 Å². The Hall–Kier alpha value is -1.14. The van der Waals surface area contributed by atoms with E-state index in [1.54, 1.807) is 0 Å². The lowest BCUT2D eigenvalue weighted by atomic mass is 9.89. The molecule has 130 valence electrons. The average Bonchev–Trinajstić information content (AvgIpc) is 2.98. The van der Waals surface area contributed by atoms with Crippen molar-refractivity contribution in [2.75, 3.05) is 13.6 Å². The fraction of sp³-hybridized carbons (Fsp3) is 0.611. The monoisotopic (exact) mass is 349 g/mol. The van der Waals surface area contributed by atoms with Crippen LogP contribution in [0.3, 0.4) is 0 Å². The number of amides is 1. The molecule has 5 nitrogen and oxygen atoms in total. The van der Waals surface area contributed by atoms with Gasteiger partial charge in [0.05, 0.1) is 12.0 Å². The lowest BCUT2D eigenvalue weighted by Crippen LogP contribution is -2.54. The van der Waals surface area contributed by atoms with Gasteiger partial charge in [-0.25, -0.2) is 10.4 Å². The molecule has 0 unspecified atom stereocenters. The number of rotatable bonds is 2. The summed E-state index contributed by atoms with van der Waals surface area (Å²) in [7, 11) is 1.88. The van der Waals surface area contributed by atoms with Gasteiger partial charge in [-0.1, -0.05) is 43.0 Å². The first-order chi connectivity index (χ1) is 11.5. The molecule has 0 radical (unpaired) electrons. The van der Waals surface area contributed by atoms with Crippen LogP contribution in [-0.4, -0.2) is 46.3 Å². The summed E-state index contributed by atoms with van der Waals surface area (Å²) in [6.07, 6.45) is 5.70. The average molecular weight is 350 g/mol. The molecule has 2 N–H and O–H groups in total. The van der Waals surface area contributed by atoms with Crippen LogP contribution in [0.1, 0.15) is 43.7 Å². The summed E-state index contributed by atoms with van der Waals surface area (Å²) in [5.41, 5.74) is 2.61. The molecule has 3 atom stereocenters. The zero-order valence-electron chi connectivity index (χ0n) is 13.9. The summed E-state index contributed by atoms with van der Waals surface area (Å²) >= 11 is 6.00. The second-order valence-corrected chi connectivity index (χ2v) is 7.78. The molecule has 2 heterocycles. The van der Waals surface area contributed by atoms with Crippen LogP contribution < -0.4 is 5.43 Å². The van der Waals surface area contributed by atoms with E-state index in [1.807, 2.05) is 41.2 Å². The zero-order valence-corrected chi connectivity index (χ0v) is 14.7. The van der Waals surface area contributed by atoms with Crippen molar-refractivity contribution in [3.8, 4) is 0 Å². The van der Waals surface area contributed by atoms with Gasteiger partial charge < -0.3 is 10.0 Å². The Balaban J connectivity index is 1.63. The predicted octanol–water partition coefficient (Wildman–Crippen LogP) is 2.31. The maximum Gasteiger partial charge on any atom is 0.271 e. The van der Waals surface area contributed by atoms with Crippen LogP contribution >= 0.6 is 11.6 Å². The number of aliphatic hydroxyl groups is 1. The normalized spacial score (nSPS) is 34.8. The van der Waals surface area contributed by atoms with Crippen molar-refractivity contribution in [2.24, 2.45) is 5.92 Å². The van der Waals surface area contributed by atoms with Crippen LogP contribution in [0.25, 0.3) is 0 Å². The number of likely N-dealkylation sites (tertiary alicyclic amines) is 1. The number of benzene rings is 1. The lowest BCUT2D eigenvalue weighted by molar-refractivity contribution is -0.151. The number of nitrogens with one attached hydrogen (secondary N) is 1. The van der Waals surface area contributed by atoms with E-state index in [-0.39, 0.29) is 23.9 Å². The minimum atomic E-state index is -1.49. The van der Waals surface area contributed by atoms with Crippen LogP contribution in [0.4, 0.5) is 0 Å². The fourth-order valence-electron chi connectivity index (χ4n) is 4.70. The molecule has 2 saturated heterocycles. The molecule has 1 amide bonds. The SMILES string of the molecule is CN1N[C@]2(O)C(=O)N(C3CCCCC3)C[C@H]2[C@@H]1c1ccc(Cl)cc1. The molecule has 1 saturated carbocycles. The third kappa shape index (κ3) is 2.46. The quantitative estimate of drug-likeness (QED) is 0.860.